The van der Waals surface area contributed by atoms with Crippen LogP contribution in [0.2, 0.25) is 0 Å². The Morgan fingerprint density at radius 2 is 2.36 bits per heavy atom. The molecule has 3 nitrogen and oxygen atoms in total. The lowest BCUT2D eigenvalue weighted by Gasteiger charge is -2.24. The van der Waals surface area contributed by atoms with Crippen LogP contribution < -0.4 is 10.5 Å². The molecule has 0 saturated heterocycles. The maximum atomic E-state index is 9.32. The van der Waals surface area contributed by atoms with E-state index in [2.05, 4.69) is 0 Å². The molecule has 0 amide bonds. The molecule has 1 atom stereocenters. The van der Waals surface area contributed by atoms with Crippen LogP contribution in [0.5, 0.6) is 11.5 Å². The van der Waals surface area contributed by atoms with Gasteiger partial charge in [-0.05, 0) is 49.1 Å². The largest absolute Gasteiger partial charge is 0.508 e. The average Bonchev–Trinajstić information content (AvgIpc) is 2.17. The van der Waals surface area contributed by atoms with Gasteiger partial charge >= 0.3 is 0 Å². The third kappa shape index (κ3) is 1.82. The second-order valence-electron chi connectivity index (χ2n) is 3.75. The Morgan fingerprint density at radius 1 is 1.50 bits per heavy atom. The molecule has 3 heteroatoms. The summed E-state index contributed by atoms with van der Waals surface area (Å²) in [6.45, 7) is 1.44. The van der Waals surface area contributed by atoms with Crippen molar-refractivity contribution in [1.82, 2.24) is 0 Å². The predicted molar refractivity (Wildman–Crippen MR) is 54.5 cm³/mol. The molecule has 14 heavy (non-hydrogen) atoms. The Kier molecular flexibility index (Phi) is 2.59. The van der Waals surface area contributed by atoms with Gasteiger partial charge in [0.05, 0.1) is 6.61 Å². The molecular formula is C11H15NO2. The highest BCUT2D eigenvalue weighted by molar-refractivity contribution is 5.40. The fourth-order valence-electron chi connectivity index (χ4n) is 1.86. The van der Waals surface area contributed by atoms with Crippen molar-refractivity contribution in [3.8, 4) is 11.5 Å². The molecule has 0 saturated carbocycles. The molecule has 76 valence electrons. The number of aromatic hydroxyl groups is 1. The van der Waals surface area contributed by atoms with Gasteiger partial charge in [0.25, 0.3) is 0 Å². The smallest absolute Gasteiger partial charge is 0.122 e. The first-order valence-corrected chi connectivity index (χ1v) is 4.94. The standard InChI is InChI=1S/C11H15NO2/c12-4-3-8-5-9-6-10(13)1-2-11(9)14-7-8/h1-2,6,8,13H,3-5,7,12H2. The van der Waals surface area contributed by atoms with Gasteiger partial charge in [-0.3, -0.25) is 0 Å². The van der Waals surface area contributed by atoms with E-state index < -0.39 is 0 Å². The van der Waals surface area contributed by atoms with Crippen LogP contribution in [0.1, 0.15) is 12.0 Å². The van der Waals surface area contributed by atoms with Gasteiger partial charge in [-0.2, -0.15) is 0 Å². The van der Waals surface area contributed by atoms with E-state index in [1.54, 1.807) is 12.1 Å². The molecule has 0 bridgehead atoms. The van der Waals surface area contributed by atoms with Crippen molar-refractivity contribution in [2.45, 2.75) is 12.8 Å². The third-order valence-electron chi connectivity index (χ3n) is 2.60. The molecule has 0 aromatic heterocycles. The van der Waals surface area contributed by atoms with Gasteiger partial charge in [0, 0.05) is 0 Å². The van der Waals surface area contributed by atoms with Crippen molar-refractivity contribution in [1.29, 1.82) is 0 Å². The van der Waals surface area contributed by atoms with Crippen molar-refractivity contribution < 1.29 is 9.84 Å². The number of hydrogen-bond donors (Lipinski definition) is 2. The SMILES string of the molecule is NCCC1COc2ccc(O)cc2C1. The van der Waals surface area contributed by atoms with Crippen LogP contribution >= 0.6 is 0 Å². The molecule has 1 heterocycles. The van der Waals surface area contributed by atoms with Gasteiger partial charge in [0.1, 0.15) is 11.5 Å². The van der Waals surface area contributed by atoms with Crippen LogP contribution in [0, 0.1) is 5.92 Å². The third-order valence-corrected chi connectivity index (χ3v) is 2.60. The van der Waals surface area contributed by atoms with Crippen LogP contribution in [0.15, 0.2) is 18.2 Å². The Labute approximate surface area is 83.5 Å². The fourth-order valence-corrected chi connectivity index (χ4v) is 1.86. The fraction of sp³-hybridized carbons (Fsp3) is 0.455. The highest BCUT2D eigenvalue weighted by Gasteiger charge is 2.19. The average molecular weight is 193 g/mol. The van der Waals surface area contributed by atoms with Crippen molar-refractivity contribution in [3.05, 3.63) is 23.8 Å². The van der Waals surface area contributed by atoms with Crippen molar-refractivity contribution in [3.63, 3.8) is 0 Å². The Morgan fingerprint density at radius 3 is 3.14 bits per heavy atom. The van der Waals surface area contributed by atoms with Crippen LogP contribution in [0.3, 0.4) is 0 Å². The highest BCUT2D eigenvalue weighted by atomic mass is 16.5. The summed E-state index contributed by atoms with van der Waals surface area (Å²) in [6, 6.07) is 5.25. The number of benzene rings is 1. The lowest BCUT2D eigenvalue weighted by Crippen LogP contribution is -2.23. The first-order chi connectivity index (χ1) is 6.79. The van der Waals surface area contributed by atoms with E-state index in [0.29, 0.717) is 18.2 Å². The van der Waals surface area contributed by atoms with Crippen molar-refractivity contribution >= 4 is 0 Å². The molecule has 1 aliphatic heterocycles. The summed E-state index contributed by atoms with van der Waals surface area (Å²) in [5, 5.41) is 9.32. The summed E-state index contributed by atoms with van der Waals surface area (Å²) in [6.07, 6.45) is 1.94. The Bertz CT molecular complexity index is 325. The lowest BCUT2D eigenvalue weighted by atomic mass is 9.94. The summed E-state index contributed by atoms with van der Waals surface area (Å²) < 4.78 is 5.58. The van der Waals surface area contributed by atoms with Crippen molar-refractivity contribution in [2.75, 3.05) is 13.2 Å². The number of phenolic OH excluding ortho intramolecular Hbond substituents is 1. The molecule has 2 rings (SSSR count). The summed E-state index contributed by atoms with van der Waals surface area (Å²) in [7, 11) is 0. The van der Waals surface area contributed by atoms with E-state index >= 15 is 0 Å². The first-order valence-electron chi connectivity index (χ1n) is 4.94. The van der Waals surface area contributed by atoms with E-state index in [1.165, 1.54) is 0 Å². The normalized spacial score (nSPS) is 19.9. The number of phenols is 1. The lowest BCUT2D eigenvalue weighted by molar-refractivity contribution is 0.215. The topological polar surface area (TPSA) is 55.5 Å². The molecule has 1 aromatic rings. The number of nitrogens with two attached hydrogens (primary N) is 1. The van der Waals surface area contributed by atoms with Gasteiger partial charge in [0.2, 0.25) is 0 Å². The number of rotatable bonds is 2. The van der Waals surface area contributed by atoms with Gasteiger partial charge in [-0.25, -0.2) is 0 Å². The summed E-state index contributed by atoms with van der Waals surface area (Å²) in [5.74, 6) is 1.70. The first kappa shape index (κ1) is 9.34. The maximum absolute atomic E-state index is 9.32. The summed E-state index contributed by atoms with van der Waals surface area (Å²) >= 11 is 0. The number of hydrogen-bond acceptors (Lipinski definition) is 3. The molecule has 3 N–H and O–H groups in total. The monoisotopic (exact) mass is 193 g/mol. The van der Waals surface area contributed by atoms with Crippen LogP contribution in [0.25, 0.3) is 0 Å². The maximum Gasteiger partial charge on any atom is 0.122 e. The second-order valence-corrected chi connectivity index (χ2v) is 3.75. The van der Waals surface area contributed by atoms with E-state index in [1.807, 2.05) is 6.07 Å². The van der Waals surface area contributed by atoms with Crippen molar-refractivity contribution in [2.24, 2.45) is 11.7 Å². The van der Waals surface area contributed by atoms with Gasteiger partial charge in [0.15, 0.2) is 0 Å². The molecule has 1 aromatic carbocycles. The molecule has 1 aliphatic rings. The number of ether oxygens (including phenoxy) is 1. The zero-order valence-corrected chi connectivity index (χ0v) is 8.07. The Hall–Kier alpha value is -1.22. The highest BCUT2D eigenvalue weighted by Crippen LogP contribution is 2.30. The van der Waals surface area contributed by atoms with Crippen LogP contribution in [0.4, 0.5) is 0 Å². The minimum atomic E-state index is 0.306. The predicted octanol–water partition coefficient (Wildman–Crippen LogP) is 1.29. The zero-order valence-electron chi connectivity index (χ0n) is 8.07. The van der Waals surface area contributed by atoms with Crippen LogP contribution in [-0.4, -0.2) is 18.3 Å². The summed E-state index contributed by atoms with van der Waals surface area (Å²) in [5.41, 5.74) is 6.60. The molecule has 0 aliphatic carbocycles. The zero-order chi connectivity index (χ0) is 9.97. The number of fused-ring (bicyclic) bond motifs is 1. The quantitative estimate of drug-likeness (QED) is 0.744. The van der Waals surface area contributed by atoms with E-state index in [-0.39, 0.29) is 0 Å². The summed E-state index contributed by atoms with van der Waals surface area (Å²) in [4.78, 5) is 0. The molecule has 0 spiro atoms. The molecule has 0 fully saturated rings. The molecule has 1 unspecified atom stereocenters. The Balaban J connectivity index is 2.16. The molecule has 0 radical (unpaired) electrons. The minimum absolute atomic E-state index is 0.306. The minimum Gasteiger partial charge on any atom is -0.508 e. The van der Waals surface area contributed by atoms with Gasteiger partial charge in [-0.1, -0.05) is 0 Å². The van der Waals surface area contributed by atoms with E-state index in [9.17, 15) is 5.11 Å². The molecular weight excluding hydrogens is 178 g/mol. The van der Waals surface area contributed by atoms with E-state index in [4.69, 9.17) is 10.5 Å². The van der Waals surface area contributed by atoms with Gasteiger partial charge in [-0.15, -0.1) is 0 Å². The van der Waals surface area contributed by atoms with Crippen LogP contribution in [-0.2, 0) is 6.42 Å². The van der Waals surface area contributed by atoms with Gasteiger partial charge < -0.3 is 15.6 Å². The van der Waals surface area contributed by atoms with E-state index in [0.717, 1.165) is 30.8 Å². The second kappa shape index (κ2) is 3.88.